The van der Waals surface area contributed by atoms with Gasteiger partial charge in [0, 0.05) is 62.1 Å². The van der Waals surface area contributed by atoms with E-state index in [1.807, 2.05) is 18.7 Å². The van der Waals surface area contributed by atoms with Gasteiger partial charge in [-0.2, -0.15) is 13.2 Å². The van der Waals surface area contributed by atoms with E-state index in [0.717, 1.165) is 12.1 Å². The van der Waals surface area contributed by atoms with Crippen molar-refractivity contribution in [1.29, 1.82) is 0 Å². The molecule has 0 saturated carbocycles. The number of piperazine rings is 1. The molecule has 0 aliphatic carbocycles. The van der Waals surface area contributed by atoms with Crippen molar-refractivity contribution in [3.05, 3.63) is 56.8 Å². The Balaban J connectivity index is 0.00000506. The van der Waals surface area contributed by atoms with Crippen LogP contribution in [0.1, 0.15) is 47.2 Å². The van der Waals surface area contributed by atoms with Crippen molar-refractivity contribution in [1.82, 2.24) is 24.8 Å². The number of aliphatic carboxylic acids is 1. The Morgan fingerprint density at radius 3 is 2.33 bits per heavy atom. The number of hydrogen-bond acceptors (Lipinski definition) is 9. The van der Waals surface area contributed by atoms with Crippen LogP contribution in [0.2, 0.25) is 0 Å². The summed E-state index contributed by atoms with van der Waals surface area (Å²) < 4.78 is 70.5. The number of aryl methyl sites for hydroxylation is 1. The third kappa shape index (κ3) is 9.14. The zero-order chi connectivity index (χ0) is 30.6. The Morgan fingerprint density at radius 1 is 1.05 bits per heavy atom. The summed E-state index contributed by atoms with van der Waals surface area (Å²) in [7, 11) is 0. The summed E-state index contributed by atoms with van der Waals surface area (Å²) in [5.74, 6) is -2.28. The standard InChI is InChI=1S/C28H33F5N6O2S.Na/c1-4-37(5-2)16-22-26(18-12-19(28(31,32)33)14-20(29)13-18)36-23(42-22)15-21-25(30)27(35-17(3)34-21)39-10-8-38(9-11-39)7-6-24(40)41;/h12-14H,4-11,15-16H2,1-3H3,(H,40,41);/q;+1/p-1. The topological polar surface area (TPSA) is 88.5 Å². The normalized spacial score (nSPS) is 14.3. The molecule has 1 fully saturated rings. The zero-order valence-corrected chi connectivity index (χ0v) is 27.4. The van der Waals surface area contributed by atoms with Gasteiger partial charge < -0.3 is 14.8 Å². The van der Waals surface area contributed by atoms with Gasteiger partial charge in [0.1, 0.15) is 11.6 Å². The second kappa shape index (κ2) is 15.2. The average molecular weight is 635 g/mol. The van der Waals surface area contributed by atoms with Gasteiger partial charge in [-0.15, -0.1) is 11.3 Å². The number of carboxylic acid groups (broad SMARTS) is 1. The van der Waals surface area contributed by atoms with Crippen molar-refractivity contribution in [2.75, 3.05) is 50.7 Å². The number of hydrogen-bond donors (Lipinski definition) is 0. The summed E-state index contributed by atoms with van der Waals surface area (Å²) >= 11 is 1.23. The third-order valence-corrected chi connectivity index (χ3v) is 8.18. The minimum atomic E-state index is -4.73. The summed E-state index contributed by atoms with van der Waals surface area (Å²) in [5.41, 5.74) is -0.779. The number of carboxylic acids is 1. The Morgan fingerprint density at radius 2 is 1.72 bits per heavy atom. The molecule has 2 aromatic heterocycles. The van der Waals surface area contributed by atoms with Crippen LogP contribution < -0.4 is 39.6 Å². The minimum absolute atomic E-state index is 0. The fourth-order valence-corrected chi connectivity index (χ4v) is 5.99. The first-order valence-electron chi connectivity index (χ1n) is 13.7. The maximum Gasteiger partial charge on any atom is 1.00 e. The van der Waals surface area contributed by atoms with Crippen LogP contribution in [0.4, 0.5) is 27.8 Å². The maximum atomic E-state index is 15.8. The van der Waals surface area contributed by atoms with E-state index in [-0.39, 0.29) is 65.2 Å². The Kier molecular flexibility index (Phi) is 12.4. The van der Waals surface area contributed by atoms with E-state index in [1.165, 1.54) is 11.3 Å². The van der Waals surface area contributed by atoms with E-state index in [9.17, 15) is 27.5 Å². The van der Waals surface area contributed by atoms with Crippen LogP contribution in [-0.2, 0) is 23.9 Å². The SMILES string of the molecule is CCN(CC)Cc1sc(Cc2nc(C)nc(N3CCN(CCC(=O)[O-])CC3)c2F)nc1-c1cc(F)cc(C(F)(F)F)c1.[Na+]. The predicted octanol–water partition coefficient (Wildman–Crippen LogP) is 0.904. The Hall–Kier alpha value is -2.23. The van der Waals surface area contributed by atoms with Crippen LogP contribution in [0.25, 0.3) is 11.3 Å². The zero-order valence-electron chi connectivity index (χ0n) is 24.6. The van der Waals surface area contributed by atoms with E-state index in [2.05, 4.69) is 19.9 Å². The first kappa shape index (κ1) is 35.3. The van der Waals surface area contributed by atoms with Gasteiger partial charge in [-0.3, -0.25) is 9.80 Å². The summed E-state index contributed by atoms with van der Waals surface area (Å²) in [4.78, 5) is 30.4. The third-order valence-electron chi connectivity index (χ3n) is 7.14. The minimum Gasteiger partial charge on any atom is -0.550 e. The molecular formula is C28H32F5N6NaO2S. The molecule has 4 rings (SSSR count). The first-order chi connectivity index (χ1) is 19.9. The van der Waals surface area contributed by atoms with E-state index >= 15 is 4.39 Å². The van der Waals surface area contributed by atoms with Gasteiger partial charge in [0.2, 0.25) is 0 Å². The summed E-state index contributed by atoms with van der Waals surface area (Å²) in [6, 6.07) is 2.36. The quantitative estimate of drug-likeness (QED) is 0.227. The Labute approximate surface area is 273 Å². The maximum absolute atomic E-state index is 15.8. The molecule has 228 valence electrons. The summed E-state index contributed by atoms with van der Waals surface area (Å²) in [6.45, 7) is 9.61. The van der Waals surface area contributed by atoms with Gasteiger partial charge in [0.25, 0.3) is 0 Å². The van der Waals surface area contributed by atoms with Crippen LogP contribution in [0.15, 0.2) is 18.2 Å². The number of aromatic nitrogens is 3. The molecule has 15 heteroatoms. The molecule has 43 heavy (non-hydrogen) atoms. The van der Waals surface area contributed by atoms with Gasteiger partial charge in [-0.05, 0) is 44.6 Å². The molecule has 0 spiro atoms. The Bertz CT molecular complexity index is 1410. The number of thiazole rings is 1. The molecule has 0 unspecified atom stereocenters. The van der Waals surface area contributed by atoms with Gasteiger partial charge in [0.05, 0.1) is 22.0 Å². The smallest absolute Gasteiger partial charge is 0.550 e. The first-order valence-corrected chi connectivity index (χ1v) is 14.5. The number of alkyl halides is 3. The summed E-state index contributed by atoms with van der Waals surface area (Å²) in [6.07, 6.45) is -4.83. The second-order valence-electron chi connectivity index (χ2n) is 10.0. The van der Waals surface area contributed by atoms with Gasteiger partial charge in [-0.1, -0.05) is 13.8 Å². The van der Waals surface area contributed by atoms with Crippen LogP contribution in [0.5, 0.6) is 0 Å². The van der Waals surface area contributed by atoms with E-state index in [1.54, 1.807) is 11.8 Å². The molecule has 0 bridgehead atoms. The van der Waals surface area contributed by atoms with Gasteiger partial charge in [-0.25, -0.2) is 23.7 Å². The number of carbonyl (C=O) groups is 1. The number of benzene rings is 1. The molecule has 1 aliphatic rings. The fourth-order valence-electron chi connectivity index (χ4n) is 4.85. The number of carbonyl (C=O) groups excluding carboxylic acids is 1. The molecule has 1 aromatic carbocycles. The molecular weight excluding hydrogens is 602 g/mol. The molecule has 0 N–H and O–H groups in total. The van der Waals surface area contributed by atoms with E-state index in [0.29, 0.717) is 74.1 Å². The molecule has 1 aliphatic heterocycles. The predicted molar refractivity (Wildman–Crippen MR) is 147 cm³/mol. The number of rotatable bonds is 11. The number of nitrogens with zero attached hydrogens (tertiary/aromatic N) is 6. The van der Waals surface area contributed by atoms with Crippen LogP contribution in [0.3, 0.4) is 0 Å². The van der Waals surface area contributed by atoms with E-state index < -0.39 is 29.3 Å². The summed E-state index contributed by atoms with van der Waals surface area (Å²) in [5, 5.41) is 11.2. The van der Waals surface area contributed by atoms with Gasteiger partial charge >= 0.3 is 35.7 Å². The van der Waals surface area contributed by atoms with Crippen LogP contribution in [0, 0.1) is 18.6 Å². The van der Waals surface area contributed by atoms with Crippen molar-refractivity contribution in [3.8, 4) is 11.3 Å². The van der Waals surface area contributed by atoms with Crippen molar-refractivity contribution in [3.63, 3.8) is 0 Å². The fraction of sp³-hybridized carbons (Fsp3) is 0.500. The molecule has 1 saturated heterocycles. The number of anilines is 1. The molecule has 3 aromatic rings. The molecule has 0 atom stereocenters. The van der Waals surface area contributed by atoms with E-state index in [4.69, 9.17) is 0 Å². The van der Waals surface area contributed by atoms with Crippen LogP contribution in [-0.4, -0.2) is 76.5 Å². The second-order valence-corrected chi connectivity index (χ2v) is 11.2. The number of halogens is 5. The van der Waals surface area contributed by atoms with Gasteiger partial charge in [0.15, 0.2) is 11.6 Å². The molecule has 3 heterocycles. The largest absolute Gasteiger partial charge is 1.00 e. The van der Waals surface area contributed by atoms with Crippen molar-refractivity contribution in [2.24, 2.45) is 0 Å². The van der Waals surface area contributed by atoms with Crippen molar-refractivity contribution < 1.29 is 61.4 Å². The molecule has 0 radical (unpaired) electrons. The van der Waals surface area contributed by atoms with Crippen molar-refractivity contribution >= 4 is 23.1 Å². The monoisotopic (exact) mass is 634 g/mol. The molecule has 8 nitrogen and oxygen atoms in total. The van der Waals surface area contributed by atoms with Crippen molar-refractivity contribution in [2.45, 2.75) is 46.3 Å². The molecule has 0 amide bonds. The average Bonchev–Trinajstić information content (AvgIpc) is 3.33. The van der Waals surface area contributed by atoms with Crippen LogP contribution >= 0.6 is 11.3 Å².